The molecule has 9 nitrogen and oxygen atoms in total. The Morgan fingerprint density at radius 1 is 1.45 bits per heavy atom. The van der Waals surface area contributed by atoms with Crippen LogP contribution in [0.25, 0.3) is 0 Å². The van der Waals surface area contributed by atoms with E-state index in [1.807, 2.05) is 6.07 Å². The molecule has 1 aromatic carbocycles. The zero-order chi connectivity index (χ0) is 20.5. The highest BCUT2D eigenvalue weighted by molar-refractivity contribution is 5.59. The molecular formula is C19H23FN6O3. The van der Waals surface area contributed by atoms with Gasteiger partial charge in [-0.1, -0.05) is 12.1 Å². The number of halogens is 1. The normalized spacial score (nSPS) is 20.8. The summed E-state index contributed by atoms with van der Waals surface area (Å²) in [6, 6.07) is 6.25. The van der Waals surface area contributed by atoms with Gasteiger partial charge in [0.25, 0.3) is 0 Å². The van der Waals surface area contributed by atoms with E-state index in [0.717, 1.165) is 31.6 Å². The first-order valence-electron chi connectivity index (χ1n) is 9.50. The van der Waals surface area contributed by atoms with Crippen LogP contribution in [0.15, 0.2) is 18.2 Å². The topological polar surface area (TPSA) is 105 Å². The molecule has 0 spiro atoms. The van der Waals surface area contributed by atoms with Crippen molar-refractivity contribution < 1.29 is 14.1 Å². The lowest BCUT2D eigenvalue weighted by molar-refractivity contribution is -0.385. The predicted octanol–water partition coefficient (Wildman–Crippen LogP) is 2.00. The first-order valence-corrected chi connectivity index (χ1v) is 9.50. The number of piperazine rings is 1. The lowest BCUT2D eigenvalue weighted by Crippen LogP contribution is -2.42. The number of nitrogens with zero attached hydrogens (tertiary/aromatic N) is 4. The van der Waals surface area contributed by atoms with Crippen molar-refractivity contribution in [2.75, 3.05) is 25.5 Å². The molecule has 3 heterocycles. The molecule has 2 bridgehead atoms. The van der Waals surface area contributed by atoms with Gasteiger partial charge in [-0.2, -0.15) is 9.97 Å². The maximum atomic E-state index is 14.6. The van der Waals surface area contributed by atoms with Crippen molar-refractivity contribution in [2.24, 2.45) is 0 Å². The molecule has 0 saturated carbocycles. The number of aromatic nitrogens is 2. The first-order chi connectivity index (χ1) is 13.9. The highest BCUT2D eigenvalue weighted by Crippen LogP contribution is 2.28. The molecule has 2 aliphatic rings. The Kier molecular flexibility index (Phi) is 5.29. The number of ether oxygens (including phenoxy) is 1. The maximum Gasteiger partial charge on any atom is 0.332 e. The Balaban J connectivity index is 1.46. The van der Waals surface area contributed by atoms with E-state index in [-0.39, 0.29) is 35.6 Å². The lowest BCUT2D eigenvalue weighted by atomic mass is 10.1. The van der Waals surface area contributed by atoms with Gasteiger partial charge < -0.3 is 15.4 Å². The number of aryl methyl sites for hydroxylation is 1. The van der Waals surface area contributed by atoms with Gasteiger partial charge in [0.1, 0.15) is 11.5 Å². The summed E-state index contributed by atoms with van der Waals surface area (Å²) < 4.78 is 19.6. The molecule has 2 atom stereocenters. The quantitative estimate of drug-likeness (QED) is 0.535. The number of hydrogen-bond acceptors (Lipinski definition) is 8. The molecule has 2 aliphatic heterocycles. The third-order valence-corrected chi connectivity index (χ3v) is 5.52. The minimum absolute atomic E-state index is 0.00317. The largest absolute Gasteiger partial charge is 0.467 e. The molecule has 29 heavy (non-hydrogen) atoms. The minimum atomic E-state index is -0.560. The zero-order valence-electron chi connectivity index (χ0n) is 16.3. The third-order valence-electron chi connectivity index (χ3n) is 5.52. The van der Waals surface area contributed by atoms with Gasteiger partial charge in [0, 0.05) is 43.8 Å². The van der Waals surface area contributed by atoms with Crippen LogP contribution in [-0.2, 0) is 13.1 Å². The standard InChI is InChI=1S/C19H23FN6O3/c1-11-17(26(27)28)18(24-19(23-11)29-2)22-7-13-4-3-12(5-16(13)20)9-25-10-14-6-15(25)8-21-14/h3-5,14-15,21H,6-10H2,1-2H3,(H,22,23,24)/t14-,15-/m0/s1. The number of fused-ring (bicyclic) bond motifs is 2. The third kappa shape index (κ3) is 3.99. The monoisotopic (exact) mass is 402 g/mol. The number of rotatable bonds is 7. The SMILES string of the molecule is COc1nc(C)c([N+](=O)[O-])c(NCc2ccc(CN3C[C@@H]4C[C@H]3CN4)cc2F)n1. The van der Waals surface area contributed by atoms with Gasteiger partial charge in [-0.3, -0.25) is 15.0 Å². The number of nitrogens with one attached hydrogen (secondary N) is 2. The van der Waals surface area contributed by atoms with Gasteiger partial charge in [0.15, 0.2) is 0 Å². The van der Waals surface area contributed by atoms with Crippen LogP contribution in [0.1, 0.15) is 23.2 Å². The second kappa shape index (κ2) is 7.88. The molecule has 154 valence electrons. The summed E-state index contributed by atoms with van der Waals surface area (Å²) in [7, 11) is 1.38. The van der Waals surface area contributed by atoms with Crippen LogP contribution in [0.2, 0.25) is 0 Å². The molecule has 10 heteroatoms. The Morgan fingerprint density at radius 3 is 2.90 bits per heavy atom. The van der Waals surface area contributed by atoms with E-state index < -0.39 is 4.92 Å². The summed E-state index contributed by atoms with van der Waals surface area (Å²) >= 11 is 0. The van der Waals surface area contributed by atoms with Crippen molar-refractivity contribution in [3.8, 4) is 6.01 Å². The molecule has 2 fully saturated rings. The zero-order valence-corrected chi connectivity index (χ0v) is 16.3. The smallest absolute Gasteiger partial charge is 0.332 e. The number of anilines is 1. The van der Waals surface area contributed by atoms with Gasteiger partial charge in [-0.05, 0) is 25.0 Å². The van der Waals surface area contributed by atoms with Crippen LogP contribution in [0.3, 0.4) is 0 Å². The second-order valence-electron chi connectivity index (χ2n) is 7.45. The molecule has 4 rings (SSSR count). The minimum Gasteiger partial charge on any atom is -0.467 e. The second-order valence-corrected chi connectivity index (χ2v) is 7.45. The fraction of sp³-hybridized carbons (Fsp3) is 0.474. The van der Waals surface area contributed by atoms with Crippen LogP contribution >= 0.6 is 0 Å². The summed E-state index contributed by atoms with van der Waals surface area (Å²) in [6.07, 6.45) is 1.16. The van der Waals surface area contributed by atoms with Crippen LogP contribution in [0.5, 0.6) is 6.01 Å². The Morgan fingerprint density at radius 2 is 2.28 bits per heavy atom. The van der Waals surface area contributed by atoms with E-state index in [0.29, 0.717) is 17.6 Å². The molecule has 0 amide bonds. The van der Waals surface area contributed by atoms with E-state index in [4.69, 9.17) is 4.74 Å². The number of likely N-dealkylation sites (tertiary alicyclic amines) is 1. The van der Waals surface area contributed by atoms with E-state index in [1.165, 1.54) is 20.1 Å². The van der Waals surface area contributed by atoms with Crippen molar-refractivity contribution >= 4 is 11.5 Å². The van der Waals surface area contributed by atoms with Crippen LogP contribution < -0.4 is 15.4 Å². The summed E-state index contributed by atoms with van der Waals surface area (Å²) in [4.78, 5) is 21.1. The Bertz CT molecular complexity index is 940. The van der Waals surface area contributed by atoms with Crippen molar-refractivity contribution in [3.05, 3.63) is 51.0 Å². The molecule has 0 radical (unpaired) electrons. The van der Waals surface area contributed by atoms with Crippen molar-refractivity contribution in [1.29, 1.82) is 0 Å². The number of benzene rings is 1. The molecule has 2 N–H and O–H groups in total. The molecule has 2 aromatic rings. The van der Waals surface area contributed by atoms with Crippen LogP contribution in [0, 0.1) is 22.9 Å². The fourth-order valence-electron chi connectivity index (χ4n) is 4.06. The Hall–Kier alpha value is -2.85. The molecule has 1 aromatic heterocycles. The van der Waals surface area contributed by atoms with Crippen molar-refractivity contribution in [1.82, 2.24) is 20.2 Å². The highest BCUT2D eigenvalue weighted by Gasteiger charge is 2.37. The highest BCUT2D eigenvalue weighted by atomic mass is 19.1. The van der Waals surface area contributed by atoms with Gasteiger partial charge in [0.2, 0.25) is 5.82 Å². The average molecular weight is 402 g/mol. The van der Waals surface area contributed by atoms with Crippen LogP contribution in [0.4, 0.5) is 15.9 Å². The average Bonchev–Trinajstić information content (AvgIpc) is 3.29. The van der Waals surface area contributed by atoms with Crippen molar-refractivity contribution in [2.45, 2.75) is 38.5 Å². The van der Waals surface area contributed by atoms with Gasteiger partial charge in [-0.25, -0.2) is 4.39 Å². The molecule has 2 saturated heterocycles. The predicted molar refractivity (Wildman–Crippen MR) is 104 cm³/mol. The van der Waals surface area contributed by atoms with Crippen molar-refractivity contribution in [3.63, 3.8) is 0 Å². The lowest BCUT2D eigenvalue weighted by Gasteiger charge is -2.27. The summed E-state index contributed by atoms with van der Waals surface area (Å²) in [6.45, 7) is 4.28. The molecular weight excluding hydrogens is 379 g/mol. The summed E-state index contributed by atoms with van der Waals surface area (Å²) in [5, 5.41) is 17.7. The number of methoxy groups -OCH3 is 1. The van der Waals surface area contributed by atoms with Crippen LogP contribution in [-0.4, -0.2) is 52.1 Å². The van der Waals surface area contributed by atoms with E-state index in [2.05, 4.69) is 25.5 Å². The number of hydrogen-bond donors (Lipinski definition) is 2. The van der Waals surface area contributed by atoms with E-state index in [1.54, 1.807) is 6.07 Å². The fourth-order valence-corrected chi connectivity index (χ4v) is 4.06. The van der Waals surface area contributed by atoms with Gasteiger partial charge in [0.05, 0.1) is 12.0 Å². The summed E-state index contributed by atoms with van der Waals surface area (Å²) in [5.74, 6) is -0.346. The molecule has 0 unspecified atom stereocenters. The Labute approximate surface area is 167 Å². The first kappa shape index (κ1) is 19.5. The molecule has 0 aliphatic carbocycles. The van der Waals surface area contributed by atoms with E-state index in [9.17, 15) is 14.5 Å². The van der Waals surface area contributed by atoms with Gasteiger partial charge in [-0.15, -0.1) is 0 Å². The summed E-state index contributed by atoms with van der Waals surface area (Å²) in [5.41, 5.74) is 1.25. The van der Waals surface area contributed by atoms with Gasteiger partial charge >= 0.3 is 11.7 Å². The van der Waals surface area contributed by atoms with E-state index >= 15 is 0 Å². The maximum absolute atomic E-state index is 14.6. The number of nitro groups is 1.